The fraction of sp³-hybridized carbons (Fsp3) is 0.241. The summed E-state index contributed by atoms with van der Waals surface area (Å²) < 4.78 is 16.3. The predicted octanol–water partition coefficient (Wildman–Crippen LogP) is 4.75. The first-order valence-electron chi connectivity index (χ1n) is 12.2. The van der Waals surface area contributed by atoms with Crippen LogP contribution in [0.1, 0.15) is 45.0 Å². The lowest BCUT2D eigenvalue weighted by atomic mass is 9.94. The maximum atomic E-state index is 13.5. The van der Waals surface area contributed by atoms with E-state index in [9.17, 15) is 19.5 Å². The van der Waals surface area contributed by atoms with Gasteiger partial charge in [-0.25, -0.2) is 9.78 Å². The Hall–Kier alpha value is -4.44. The molecule has 1 N–H and O–H groups in total. The molecular weight excluding hydrogens is 520 g/mol. The molecule has 39 heavy (non-hydrogen) atoms. The zero-order chi connectivity index (χ0) is 27.8. The average molecular weight is 547 g/mol. The van der Waals surface area contributed by atoms with Crippen LogP contribution in [-0.2, 0) is 20.7 Å². The van der Waals surface area contributed by atoms with Gasteiger partial charge in [0, 0.05) is 12.0 Å². The van der Waals surface area contributed by atoms with Crippen molar-refractivity contribution in [3.63, 3.8) is 0 Å². The maximum absolute atomic E-state index is 13.5. The van der Waals surface area contributed by atoms with Crippen LogP contribution in [0.3, 0.4) is 0 Å². The van der Waals surface area contributed by atoms with E-state index in [1.54, 1.807) is 55.5 Å². The van der Waals surface area contributed by atoms with Crippen molar-refractivity contribution in [3.8, 4) is 11.5 Å². The second-order valence-electron chi connectivity index (χ2n) is 9.20. The largest absolute Gasteiger partial charge is 0.507 e. The first-order valence-corrected chi connectivity index (χ1v) is 13.1. The first-order chi connectivity index (χ1) is 18.7. The molecule has 2 atom stereocenters. The Morgan fingerprint density at radius 1 is 1.28 bits per heavy atom. The lowest BCUT2D eigenvalue weighted by molar-refractivity contribution is -0.132. The normalized spacial score (nSPS) is 19.5. The molecule has 0 unspecified atom stereocenters. The number of amides is 1. The minimum Gasteiger partial charge on any atom is -0.507 e. The topological polar surface area (TPSA) is 115 Å². The van der Waals surface area contributed by atoms with Crippen molar-refractivity contribution in [1.29, 1.82) is 0 Å². The highest BCUT2D eigenvalue weighted by atomic mass is 32.1. The van der Waals surface area contributed by atoms with E-state index >= 15 is 0 Å². The summed E-state index contributed by atoms with van der Waals surface area (Å²) in [4.78, 5) is 45.1. The van der Waals surface area contributed by atoms with Gasteiger partial charge in [-0.15, -0.1) is 0 Å². The Morgan fingerprint density at radius 2 is 2.08 bits per heavy atom. The number of Topliss-reactive ketones (excluding diaryl/α,β-unsaturated/α-hetero) is 1. The molecule has 200 valence electrons. The maximum Gasteiger partial charge on any atom is 0.350 e. The van der Waals surface area contributed by atoms with Crippen LogP contribution < -0.4 is 14.4 Å². The number of ether oxygens (including phenoxy) is 3. The van der Waals surface area contributed by atoms with Gasteiger partial charge in [-0.05, 0) is 55.3 Å². The minimum absolute atomic E-state index is 0.00145. The summed E-state index contributed by atoms with van der Waals surface area (Å²) in [7, 11) is 1.25. The number of fused-ring (bicyclic) bond motifs is 1. The number of carbonyl (C=O) groups is 3. The fourth-order valence-electron chi connectivity index (χ4n) is 4.77. The number of aryl methyl sites for hydroxylation is 1. The van der Waals surface area contributed by atoms with Crippen LogP contribution in [0.5, 0.6) is 11.5 Å². The zero-order valence-corrected chi connectivity index (χ0v) is 22.4. The number of nitrogens with zero attached hydrogens (tertiary/aromatic N) is 2. The SMILES string of the molecule is C=CCOc1cccc([C@@H]2/C(=C(\O)c3ccc4c(c3)C[C@@H](C)O4)C(=O)C(=O)N2c2nc(C)c(C(=O)OC)s2)c1. The van der Waals surface area contributed by atoms with Gasteiger partial charge in [0.1, 0.15) is 34.8 Å². The Morgan fingerprint density at radius 3 is 2.82 bits per heavy atom. The standard InChI is InChI=1S/C29H26N2O7S/c1-5-11-37-20-8-6-7-17(14-20)23-22(24(32)18-9-10-21-19(13-18)12-15(2)38-21)25(33)27(34)31(23)29-30-16(3)26(39-29)28(35)36-4/h5-10,13-15,23,32H,1,11-12H2,2-4H3/b24-22+/t15-,23-/m1/s1. The van der Waals surface area contributed by atoms with Crippen molar-refractivity contribution >= 4 is 39.9 Å². The van der Waals surface area contributed by atoms with Crippen molar-refractivity contribution in [3.05, 3.63) is 88.0 Å². The lowest BCUT2D eigenvalue weighted by Gasteiger charge is -2.23. The van der Waals surface area contributed by atoms with Crippen LogP contribution in [-0.4, -0.2) is 47.6 Å². The number of thiazole rings is 1. The third-order valence-electron chi connectivity index (χ3n) is 6.52. The lowest BCUT2D eigenvalue weighted by Crippen LogP contribution is -2.29. The molecule has 1 aromatic heterocycles. The average Bonchev–Trinajstić information content (AvgIpc) is 3.58. The second-order valence-corrected chi connectivity index (χ2v) is 10.2. The molecule has 1 amide bonds. The molecule has 9 nitrogen and oxygen atoms in total. The van der Waals surface area contributed by atoms with Crippen LogP contribution in [0.25, 0.3) is 5.76 Å². The van der Waals surface area contributed by atoms with Gasteiger partial charge in [0.2, 0.25) is 0 Å². The summed E-state index contributed by atoms with van der Waals surface area (Å²) in [6, 6.07) is 11.0. The van der Waals surface area contributed by atoms with Gasteiger partial charge >= 0.3 is 11.9 Å². The smallest absolute Gasteiger partial charge is 0.350 e. The van der Waals surface area contributed by atoms with E-state index in [1.807, 2.05) is 6.92 Å². The van der Waals surface area contributed by atoms with Gasteiger partial charge in [-0.1, -0.05) is 36.1 Å². The Labute approximate surface area is 229 Å². The number of rotatable bonds is 7. The molecular formula is C29H26N2O7S. The Balaban J connectivity index is 1.68. The third kappa shape index (κ3) is 4.67. The van der Waals surface area contributed by atoms with Gasteiger partial charge < -0.3 is 19.3 Å². The van der Waals surface area contributed by atoms with Crippen LogP contribution >= 0.6 is 11.3 Å². The number of benzene rings is 2. The number of hydrogen-bond acceptors (Lipinski definition) is 9. The van der Waals surface area contributed by atoms with Gasteiger partial charge in [-0.2, -0.15) is 0 Å². The second kappa shape index (κ2) is 10.4. The van der Waals surface area contributed by atoms with E-state index in [2.05, 4.69) is 11.6 Å². The van der Waals surface area contributed by atoms with E-state index in [0.29, 0.717) is 29.0 Å². The van der Waals surface area contributed by atoms with Crippen molar-refractivity contribution < 1.29 is 33.7 Å². The molecule has 0 bridgehead atoms. The number of carbonyl (C=O) groups excluding carboxylic acids is 3. The quantitative estimate of drug-likeness (QED) is 0.148. The summed E-state index contributed by atoms with van der Waals surface area (Å²) in [6.07, 6.45) is 2.26. The number of methoxy groups -OCH3 is 1. The van der Waals surface area contributed by atoms with Gasteiger partial charge in [0.15, 0.2) is 5.13 Å². The summed E-state index contributed by atoms with van der Waals surface area (Å²) in [5.74, 6) is -1.44. The number of anilines is 1. The van der Waals surface area contributed by atoms with Crippen LogP contribution in [0.15, 0.2) is 60.7 Å². The van der Waals surface area contributed by atoms with E-state index in [-0.39, 0.29) is 34.1 Å². The number of esters is 1. The first kappa shape index (κ1) is 26.2. The highest BCUT2D eigenvalue weighted by Gasteiger charge is 2.48. The molecule has 0 aliphatic carbocycles. The van der Waals surface area contributed by atoms with E-state index in [1.165, 1.54) is 12.0 Å². The molecule has 1 fully saturated rings. The molecule has 10 heteroatoms. The third-order valence-corrected chi connectivity index (χ3v) is 7.65. The minimum atomic E-state index is -1.03. The number of aliphatic hydroxyl groups is 1. The summed E-state index contributed by atoms with van der Waals surface area (Å²) in [5, 5.41) is 11.6. The number of hydrogen-bond donors (Lipinski definition) is 1. The molecule has 3 aromatic rings. The van der Waals surface area contributed by atoms with Crippen LogP contribution in [0.2, 0.25) is 0 Å². The summed E-state index contributed by atoms with van der Waals surface area (Å²) in [5.41, 5.74) is 2.07. The molecule has 2 aromatic carbocycles. The molecule has 0 radical (unpaired) electrons. The highest BCUT2D eigenvalue weighted by Crippen LogP contribution is 2.45. The van der Waals surface area contributed by atoms with Crippen LogP contribution in [0, 0.1) is 6.92 Å². The fourth-order valence-corrected chi connectivity index (χ4v) is 5.78. The molecule has 3 heterocycles. The molecule has 5 rings (SSSR count). The summed E-state index contributed by atoms with van der Waals surface area (Å²) >= 11 is 0.940. The molecule has 0 saturated carbocycles. The van der Waals surface area contributed by atoms with Gasteiger partial charge in [0.25, 0.3) is 5.78 Å². The molecule has 0 spiro atoms. The number of aliphatic hydroxyl groups excluding tert-OH is 1. The highest BCUT2D eigenvalue weighted by molar-refractivity contribution is 7.17. The van der Waals surface area contributed by atoms with Gasteiger partial charge in [0.05, 0.1) is 24.4 Å². The monoisotopic (exact) mass is 546 g/mol. The number of ketones is 1. The van der Waals surface area contributed by atoms with E-state index in [4.69, 9.17) is 14.2 Å². The number of aromatic nitrogens is 1. The molecule has 2 aliphatic rings. The van der Waals surface area contributed by atoms with Crippen molar-refractivity contribution in [1.82, 2.24) is 4.98 Å². The predicted molar refractivity (Wildman–Crippen MR) is 145 cm³/mol. The summed E-state index contributed by atoms with van der Waals surface area (Å²) in [6.45, 7) is 7.49. The molecule has 1 saturated heterocycles. The van der Waals surface area contributed by atoms with Crippen LogP contribution in [0.4, 0.5) is 5.13 Å². The van der Waals surface area contributed by atoms with Crippen molar-refractivity contribution in [2.45, 2.75) is 32.4 Å². The van der Waals surface area contributed by atoms with E-state index in [0.717, 1.165) is 22.6 Å². The van der Waals surface area contributed by atoms with Gasteiger partial charge in [-0.3, -0.25) is 14.5 Å². The van der Waals surface area contributed by atoms with E-state index < -0.39 is 23.7 Å². The molecule has 2 aliphatic heterocycles. The Bertz CT molecular complexity index is 1540. The van der Waals surface area contributed by atoms with Crippen molar-refractivity contribution in [2.24, 2.45) is 0 Å². The Kier molecular flexibility index (Phi) is 6.96. The zero-order valence-electron chi connectivity index (χ0n) is 21.6. The van der Waals surface area contributed by atoms with Crippen molar-refractivity contribution in [2.75, 3.05) is 18.6 Å².